The summed E-state index contributed by atoms with van der Waals surface area (Å²) < 4.78 is 57.9. The van der Waals surface area contributed by atoms with Gasteiger partial charge in [-0.1, -0.05) is 0 Å². The van der Waals surface area contributed by atoms with Gasteiger partial charge in [0.1, 0.15) is 34.4 Å². The van der Waals surface area contributed by atoms with Crippen molar-refractivity contribution in [2.45, 2.75) is 12.3 Å². The van der Waals surface area contributed by atoms with Crippen molar-refractivity contribution < 1.29 is 32.2 Å². The molecule has 1 amide bonds. The molecule has 0 saturated carbocycles. The molecule has 0 radical (unpaired) electrons. The minimum absolute atomic E-state index is 0.0145. The highest BCUT2D eigenvalue weighted by molar-refractivity contribution is 5.85. The van der Waals surface area contributed by atoms with Crippen molar-refractivity contribution in [3.63, 3.8) is 0 Å². The third-order valence-electron chi connectivity index (χ3n) is 5.80. The molecule has 16 heteroatoms. The molecule has 2 N–H and O–H groups in total. The number of amides is 1. The number of carbonyl (C=O) groups is 1. The van der Waals surface area contributed by atoms with Crippen molar-refractivity contribution in [2.24, 2.45) is 14.1 Å². The molecule has 0 aliphatic carbocycles. The van der Waals surface area contributed by atoms with Crippen molar-refractivity contribution in [3.8, 4) is 17.6 Å². The monoisotopic (exact) mass is 556 g/mol. The summed E-state index contributed by atoms with van der Waals surface area (Å²) >= 11 is 0. The zero-order valence-electron chi connectivity index (χ0n) is 20.8. The molecule has 0 atom stereocenters. The van der Waals surface area contributed by atoms with Gasteiger partial charge in [0.15, 0.2) is 17.5 Å². The zero-order valence-corrected chi connectivity index (χ0v) is 20.8. The third kappa shape index (κ3) is 5.22. The fourth-order valence-corrected chi connectivity index (χ4v) is 3.77. The van der Waals surface area contributed by atoms with Crippen LogP contribution in [0.5, 0.6) is 11.5 Å². The van der Waals surface area contributed by atoms with Crippen LogP contribution in [0.3, 0.4) is 0 Å². The smallest absolute Gasteiger partial charge is 0.417 e. The number of imidazole rings is 1. The maximum atomic E-state index is 13.3. The minimum Gasteiger partial charge on any atom is -0.454 e. The number of nitrogens with zero attached hydrogens (tertiary/aromatic N) is 6. The Balaban J connectivity index is 1.43. The van der Waals surface area contributed by atoms with Crippen molar-refractivity contribution in [2.75, 3.05) is 23.8 Å². The first-order valence-corrected chi connectivity index (χ1v) is 11.5. The molecule has 206 valence electrons. The summed E-state index contributed by atoms with van der Waals surface area (Å²) in [5.41, 5.74) is -1.82. The summed E-state index contributed by atoms with van der Waals surface area (Å²) in [5.74, 6) is 0.345. The summed E-state index contributed by atoms with van der Waals surface area (Å²) in [4.78, 5) is 36.9. The van der Waals surface area contributed by atoms with Gasteiger partial charge in [-0.3, -0.25) is 10.1 Å². The average molecular weight is 556 g/mol. The second kappa shape index (κ2) is 10.2. The lowest BCUT2D eigenvalue weighted by Crippen LogP contribution is -2.39. The number of anilines is 3. The second-order valence-corrected chi connectivity index (χ2v) is 8.63. The fraction of sp³-hybridized carbons (Fsp3) is 0.250. The van der Waals surface area contributed by atoms with E-state index in [4.69, 9.17) is 14.2 Å². The number of nitriles is 1. The van der Waals surface area contributed by atoms with E-state index in [0.717, 1.165) is 4.57 Å². The first-order chi connectivity index (χ1) is 19.0. The lowest BCUT2D eigenvalue weighted by molar-refractivity contribution is -0.138. The highest BCUT2D eigenvalue weighted by Crippen LogP contribution is 2.33. The summed E-state index contributed by atoms with van der Waals surface area (Å²) in [6, 6.07) is 5.60. The van der Waals surface area contributed by atoms with Crippen LogP contribution in [-0.2, 0) is 29.7 Å². The number of halogens is 3. The van der Waals surface area contributed by atoms with Gasteiger partial charge in [-0.15, -0.1) is 0 Å². The normalized spacial score (nSPS) is 13.4. The van der Waals surface area contributed by atoms with Crippen LogP contribution in [0.1, 0.15) is 11.1 Å². The molecule has 0 unspecified atom stereocenters. The van der Waals surface area contributed by atoms with Crippen molar-refractivity contribution in [1.29, 1.82) is 5.26 Å². The Morgan fingerprint density at radius 3 is 2.70 bits per heavy atom. The molecule has 5 rings (SSSR count). The minimum atomic E-state index is -4.68. The quantitative estimate of drug-likeness (QED) is 0.360. The Labute approximate surface area is 222 Å². The molecule has 1 aliphatic rings. The lowest BCUT2D eigenvalue weighted by Gasteiger charge is -2.25. The van der Waals surface area contributed by atoms with E-state index in [9.17, 15) is 28.0 Å². The number of hydrogen-bond donors (Lipinski definition) is 2. The first kappa shape index (κ1) is 26.4. The van der Waals surface area contributed by atoms with Gasteiger partial charge in [0.2, 0.25) is 5.95 Å². The number of nitrogens with one attached hydrogen (secondary N) is 2. The van der Waals surface area contributed by atoms with Gasteiger partial charge >= 0.3 is 12.3 Å². The van der Waals surface area contributed by atoms with E-state index in [-0.39, 0.29) is 51.8 Å². The summed E-state index contributed by atoms with van der Waals surface area (Å²) in [7, 11) is 2.69. The number of alkyl halides is 3. The van der Waals surface area contributed by atoms with E-state index in [1.165, 1.54) is 43.2 Å². The average Bonchev–Trinajstić information content (AvgIpc) is 3.19. The molecule has 0 aromatic carbocycles. The van der Waals surface area contributed by atoms with E-state index in [2.05, 4.69) is 25.6 Å². The first-order valence-electron chi connectivity index (χ1n) is 11.5. The molecule has 0 spiro atoms. The van der Waals surface area contributed by atoms with Crippen LogP contribution < -0.4 is 20.9 Å². The summed E-state index contributed by atoms with van der Waals surface area (Å²) in [6.07, 6.45) is -2.41. The molecule has 40 heavy (non-hydrogen) atoms. The van der Waals surface area contributed by atoms with Gasteiger partial charge in [-0.05, 0) is 12.1 Å². The van der Waals surface area contributed by atoms with Gasteiger partial charge in [0.25, 0.3) is 5.56 Å². The number of hydrogen-bond acceptors (Lipinski definition) is 10. The molecule has 5 heterocycles. The SMILES string of the molecule is Cn1cc(C(F)(F)F)cc(Nc2nc3ncc(Oc4ccnc(NC(=O)OC5COC5)c4)c(C#N)c3n2C)c1=O. The van der Waals surface area contributed by atoms with Crippen molar-refractivity contribution in [3.05, 3.63) is 58.3 Å². The highest BCUT2D eigenvalue weighted by atomic mass is 19.4. The van der Waals surface area contributed by atoms with Crippen LogP contribution in [0, 0.1) is 11.3 Å². The van der Waals surface area contributed by atoms with E-state index in [0.29, 0.717) is 25.5 Å². The Morgan fingerprint density at radius 1 is 1.25 bits per heavy atom. The van der Waals surface area contributed by atoms with E-state index in [1.807, 2.05) is 6.07 Å². The molecule has 4 aromatic heterocycles. The number of fused-ring (bicyclic) bond motifs is 1. The summed E-state index contributed by atoms with van der Waals surface area (Å²) in [5, 5.41) is 15.0. The Kier molecular flexibility index (Phi) is 6.73. The maximum absolute atomic E-state index is 13.3. The predicted octanol–water partition coefficient (Wildman–Crippen LogP) is 3.44. The Morgan fingerprint density at radius 2 is 2.02 bits per heavy atom. The number of pyridine rings is 3. The predicted molar refractivity (Wildman–Crippen MR) is 132 cm³/mol. The van der Waals surface area contributed by atoms with Crippen molar-refractivity contribution >= 4 is 34.7 Å². The van der Waals surface area contributed by atoms with Crippen LogP contribution in [0.2, 0.25) is 0 Å². The van der Waals surface area contributed by atoms with Crippen LogP contribution in [0.15, 0.2) is 41.6 Å². The number of carbonyl (C=O) groups excluding carboxylic acids is 1. The molecular formula is C24H19F3N8O5. The standard InChI is InChI=1S/C24H19F3N8O5/c1-34-9-12(24(25,26)27)5-16(21(34)36)31-22-33-20-19(35(22)2)15(7-28)17(8-30-20)39-13-3-4-29-18(6-13)32-23(37)40-14-10-38-11-14/h3-6,8-9,14H,10-11H2,1-2H3,(H,29,32,37)(H,30,31,33). The van der Waals surface area contributed by atoms with E-state index in [1.54, 1.807) is 0 Å². The second-order valence-electron chi connectivity index (χ2n) is 8.63. The zero-order chi connectivity index (χ0) is 28.6. The van der Waals surface area contributed by atoms with E-state index < -0.39 is 23.4 Å². The third-order valence-corrected chi connectivity index (χ3v) is 5.80. The van der Waals surface area contributed by atoms with Crippen molar-refractivity contribution in [1.82, 2.24) is 24.1 Å². The molecular weight excluding hydrogens is 537 g/mol. The Hall–Kier alpha value is -5.17. The highest BCUT2D eigenvalue weighted by Gasteiger charge is 2.32. The molecule has 4 aromatic rings. The van der Waals surface area contributed by atoms with E-state index >= 15 is 0 Å². The number of ether oxygens (including phenoxy) is 3. The molecule has 1 aliphatic heterocycles. The number of aromatic nitrogens is 5. The topological polar surface area (TPSA) is 158 Å². The number of aryl methyl sites for hydroxylation is 2. The van der Waals surface area contributed by atoms with Gasteiger partial charge in [0.05, 0.1) is 25.0 Å². The maximum Gasteiger partial charge on any atom is 0.417 e. The largest absolute Gasteiger partial charge is 0.454 e. The van der Waals surface area contributed by atoms with Crippen LogP contribution in [-0.4, -0.2) is 49.5 Å². The number of rotatable bonds is 6. The summed E-state index contributed by atoms with van der Waals surface area (Å²) in [6.45, 7) is 0.635. The molecule has 0 bridgehead atoms. The van der Waals surface area contributed by atoms with Gasteiger partial charge in [-0.25, -0.2) is 14.8 Å². The fourth-order valence-electron chi connectivity index (χ4n) is 3.77. The Bertz CT molecular complexity index is 1720. The van der Waals surface area contributed by atoms with Gasteiger partial charge in [0, 0.05) is 32.6 Å². The lowest BCUT2D eigenvalue weighted by atomic mass is 10.2. The molecule has 1 fully saturated rings. The molecule has 1 saturated heterocycles. The van der Waals surface area contributed by atoms with Crippen LogP contribution in [0.25, 0.3) is 11.2 Å². The van der Waals surface area contributed by atoms with Gasteiger partial charge in [-0.2, -0.15) is 23.4 Å². The van der Waals surface area contributed by atoms with Crippen LogP contribution in [0.4, 0.5) is 35.4 Å². The van der Waals surface area contributed by atoms with Crippen LogP contribution >= 0.6 is 0 Å². The molecule has 13 nitrogen and oxygen atoms in total. The van der Waals surface area contributed by atoms with Gasteiger partial charge < -0.3 is 28.7 Å².